The molecule has 1 aromatic carbocycles. The maximum Gasteiger partial charge on any atom is 0.253 e. The van der Waals surface area contributed by atoms with Crippen molar-refractivity contribution in [3.05, 3.63) is 29.8 Å². The fourth-order valence-electron chi connectivity index (χ4n) is 2.68. The van der Waals surface area contributed by atoms with Crippen LogP contribution in [0, 0.1) is 5.41 Å². The minimum absolute atomic E-state index is 0.0895. The smallest absolute Gasteiger partial charge is 0.253 e. The third kappa shape index (κ3) is 4.07. The molecule has 2 N–H and O–H groups in total. The van der Waals surface area contributed by atoms with Gasteiger partial charge >= 0.3 is 0 Å². The molecular weight excluding hydrogens is 276 g/mol. The van der Waals surface area contributed by atoms with Gasteiger partial charge in [-0.05, 0) is 52.0 Å². The highest BCUT2D eigenvalue weighted by atomic mass is 16.2. The number of carbonyl (C=O) groups is 1. The van der Waals surface area contributed by atoms with Crippen molar-refractivity contribution in [3.8, 4) is 0 Å². The van der Waals surface area contributed by atoms with Crippen LogP contribution in [0.4, 0.5) is 5.69 Å². The van der Waals surface area contributed by atoms with Gasteiger partial charge in [0.2, 0.25) is 0 Å². The van der Waals surface area contributed by atoms with Gasteiger partial charge in [0.25, 0.3) is 5.91 Å². The lowest BCUT2D eigenvalue weighted by atomic mass is 10.0. The van der Waals surface area contributed by atoms with E-state index >= 15 is 0 Å². The van der Waals surface area contributed by atoms with Crippen LogP contribution >= 0.6 is 0 Å². The summed E-state index contributed by atoms with van der Waals surface area (Å²) in [6, 6.07) is 7.33. The molecule has 5 nitrogen and oxygen atoms in total. The Balaban J connectivity index is 1.96. The zero-order valence-corrected chi connectivity index (χ0v) is 13.9. The molecule has 1 heterocycles. The largest absolute Gasteiger partial charge is 0.344 e. The van der Waals surface area contributed by atoms with Gasteiger partial charge in [-0.3, -0.25) is 15.1 Å². The Morgan fingerprint density at radius 2 is 1.64 bits per heavy atom. The molecule has 0 unspecified atom stereocenters. The molecule has 1 aliphatic rings. The Morgan fingerprint density at radius 1 is 1.09 bits per heavy atom. The third-order valence-electron chi connectivity index (χ3n) is 3.98. The van der Waals surface area contributed by atoms with E-state index in [1.807, 2.05) is 29.2 Å². The van der Waals surface area contributed by atoms with E-state index in [1.54, 1.807) is 6.92 Å². The number of hydrogen-bond donors (Lipinski definition) is 2. The Morgan fingerprint density at radius 3 is 2.09 bits per heavy atom. The summed E-state index contributed by atoms with van der Waals surface area (Å²) in [5.74, 6) is 0.476. The van der Waals surface area contributed by atoms with Crippen molar-refractivity contribution in [2.45, 2.75) is 33.2 Å². The first kappa shape index (κ1) is 16.5. The number of amidine groups is 1. The van der Waals surface area contributed by atoms with Crippen molar-refractivity contribution in [1.29, 1.82) is 5.41 Å². The van der Waals surface area contributed by atoms with Gasteiger partial charge in [0.1, 0.15) is 0 Å². The number of piperazine rings is 1. The first-order valence-corrected chi connectivity index (χ1v) is 7.74. The normalized spacial score (nSPS) is 16.5. The van der Waals surface area contributed by atoms with Crippen molar-refractivity contribution in [3.63, 3.8) is 0 Å². The van der Waals surface area contributed by atoms with Gasteiger partial charge < -0.3 is 10.2 Å². The predicted molar refractivity (Wildman–Crippen MR) is 90.7 cm³/mol. The van der Waals surface area contributed by atoms with Crippen LogP contribution < -0.4 is 5.32 Å². The number of hydrogen-bond acceptors (Lipinski definition) is 3. The van der Waals surface area contributed by atoms with Crippen molar-refractivity contribution in [2.75, 3.05) is 31.5 Å². The first-order valence-electron chi connectivity index (χ1n) is 7.74. The average molecular weight is 302 g/mol. The molecule has 1 fully saturated rings. The van der Waals surface area contributed by atoms with Crippen molar-refractivity contribution >= 4 is 17.4 Å². The van der Waals surface area contributed by atoms with E-state index < -0.39 is 0 Å². The summed E-state index contributed by atoms with van der Waals surface area (Å²) >= 11 is 0. The van der Waals surface area contributed by atoms with E-state index in [2.05, 4.69) is 31.0 Å². The average Bonchev–Trinajstić information content (AvgIpc) is 2.46. The molecule has 5 heteroatoms. The lowest BCUT2D eigenvalue weighted by molar-refractivity contribution is 0.0451. The van der Waals surface area contributed by atoms with Gasteiger partial charge in [0.05, 0.1) is 5.84 Å². The lowest BCUT2D eigenvalue weighted by Crippen LogP contribution is -2.54. The molecule has 0 aliphatic carbocycles. The Bertz CT molecular complexity index is 537. The Hall–Kier alpha value is -1.88. The minimum atomic E-state index is 0.0895. The second-order valence-corrected chi connectivity index (χ2v) is 6.78. The summed E-state index contributed by atoms with van der Waals surface area (Å²) in [6.07, 6.45) is 0. The summed E-state index contributed by atoms with van der Waals surface area (Å²) in [4.78, 5) is 16.9. The van der Waals surface area contributed by atoms with Gasteiger partial charge in [0, 0.05) is 43.0 Å². The molecule has 1 aromatic rings. The highest BCUT2D eigenvalue weighted by molar-refractivity contribution is 5.96. The van der Waals surface area contributed by atoms with Crippen molar-refractivity contribution in [2.24, 2.45) is 0 Å². The van der Waals surface area contributed by atoms with E-state index in [4.69, 9.17) is 5.41 Å². The fraction of sp³-hybridized carbons (Fsp3) is 0.529. The van der Waals surface area contributed by atoms with Gasteiger partial charge in [0.15, 0.2) is 0 Å². The number of nitrogens with one attached hydrogen (secondary N) is 2. The molecule has 0 atom stereocenters. The van der Waals surface area contributed by atoms with Crippen LogP contribution in [0.25, 0.3) is 0 Å². The second-order valence-electron chi connectivity index (χ2n) is 6.78. The Labute approximate surface area is 132 Å². The van der Waals surface area contributed by atoms with Crippen LogP contribution in [-0.4, -0.2) is 53.3 Å². The number of nitrogens with zero attached hydrogens (tertiary/aromatic N) is 2. The second kappa shape index (κ2) is 6.48. The maximum absolute atomic E-state index is 12.5. The van der Waals surface area contributed by atoms with Gasteiger partial charge in [-0.15, -0.1) is 0 Å². The number of rotatable bonds is 2. The van der Waals surface area contributed by atoms with Crippen LogP contribution in [0.5, 0.6) is 0 Å². The van der Waals surface area contributed by atoms with Crippen LogP contribution in [0.3, 0.4) is 0 Å². The predicted octanol–water partition coefficient (Wildman–Crippen LogP) is 2.65. The topological polar surface area (TPSA) is 59.4 Å². The van der Waals surface area contributed by atoms with Crippen LogP contribution in [0.1, 0.15) is 38.1 Å². The molecule has 0 aromatic heterocycles. The van der Waals surface area contributed by atoms with E-state index in [0.717, 1.165) is 31.9 Å². The maximum atomic E-state index is 12.5. The first-order chi connectivity index (χ1) is 10.3. The lowest BCUT2D eigenvalue weighted by Gasteiger charge is -2.42. The Kier molecular flexibility index (Phi) is 4.86. The molecule has 1 amide bonds. The van der Waals surface area contributed by atoms with Crippen LogP contribution in [0.2, 0.25) is 0 Å². The number of benzene rings is 1. The summed E-state index contributed by atoms with van der Waals surface area (Å²) in [5.41, 5.74) is 1.70. The van der Waals surface area contributed by atoms with Crippen LogP contribution in [0.15, 0.2) is 24.3 Å². The number of anilines is 1. The molecule has 0 bridgehead atoms. The fourth-order valence-corrected chi connectivity index (χ4v) is 2.68. The zero-order chi connectivity index (χ0) is 16.3. The molecule has 0 spiro atoms. The molecule has 2 rings (SSSR count). The zero-order valence-electron chi connectivity index (χ0n) is 13.9. The van der Waals surface area contributed by atoms with Crippen LogP contribution in [-0.2, 0) is 0 Å². The number of amides is 1. The molecule has 120 valence electrons. The molecule has 0 saturated carbocycles. The molecular formula is C17H26N4O. The van der Waals surface area contributed by atoms with E-state index in [1.165, 1.54) is 0 Å². The summed E-state index contributed by atoms with van der Waals surface area (Å²) in [7, 11) is 0. The highest BCUT2D eigenvalue weighted by Gasteiger charge is 2.28. The standard InChI is InChI=1S/C17H26N4O/c1-13(18)19-15-7-5-14(6-8-15)16(22)20-9-11-21(12-10-20)17(2,3)4/h5-8H,9-12H2,1-4H3,(H2,18,19). The van der Waals surface area contributed by atoms with Gasteiger partial charge in [-0.25, -0.2) is 0 Å². The SMILES string of the molecule is CC(=N)Nc1ccc(C(=O)N2CCN(C(C)(C)C)CC2)cc1. The van der Waals surface area contributed by atoms with Gasteiger partial charge in [-0.2, -0.15) is 0 Å². The molecule has 1 aliphatic heterocycles. The van der Waals surface area contributed by atoms with Gasteiger partial charge in [-0.1, -0.05) is 0 Å². The highest BCUT2D eigenvalue weighted by Crippen LogP contribution is 2.18. The quantitative estimate of drug-likeness (QED) is 0.652. The minimum Gasteiger partial charge on any atom is -0.344 e. The van der Waals surface area contributed by atoms with E-state index in [-0.39, 0.29) is 11.4 Å². The van der Waals surface area contributed by atoms with E-state index in [9.17, 15) is 4.79 Å². The molecule has 0 radical (unpaired) electrons. The molecule has 22 heavy (non-hydrogen) atoms. The summed E-state index contributed by atoms with van der Waals surface area (Å²) in [5, 5.41) is 10.3. The van der Waals surface area contributed by atoms with Crippen molar-refractivity contribution in [1.82, 2.24) is 9.80 Å². The van der Waals surface area contributed by atoms with Crippen molar-refractivity contribution < 1.29 is 4.79 Å². The summed E-state index contributed by atoms with van der Waals surface area (Å²) in [6.45, 7) is 11.7. The monoisotopic (exact) mass is 302 g/mol. The molecule has 1 saturated heterocycles. The third-order valence-corrected chi connectivity index (χ3v) is 3.98. The van der Waals surface area contributed by atoms with E-state index in [0.29, 0.717) is 11.4 Å². The number of carbonyl (C=O) groups excluding carboxylic acids is 1. The summed E-state index contributed by atoms with van der Waals surface area (Å²) < 4.78 is 0.